The highest BCUT2D eigenvalue weighted by Gasteiger charge is 2.13. The Balaban J connectivity index is 2.05. The van der Waals surface area contributed by atoms with E-state index in [9.17, 15) is 4.79 Å². The molecule has 0 aliphatic rings. The molecule has 1 N–H and O–H groups in total. The average Bonchev–Trinajstić information content (AvgIpc) is 2.54. The van der Waals surface area contributed by atoms with Gasteiger partial charge < -0.3 is 19.5 Å². The second-order valence-electron chi connectivity index (χ2n) is 4.93. The van der Waals surface area contributed by atoms with Crippen molar-refractivity contribution in [2.24, 2.45) is 0 Å². The average molecular weight is 370 g/mol. The Morgan fingerprint density at radius 1 is 1.04 bits per heavy atom. The Labute approximate surface area is 150 Å². The predicted molar refractivity (Wildman–Crippen MR) is 94.9 cm³/mol. The summed E-state index contributed by atoms with van der Waals surface area (Å²) in [5.41, 5.74) is 1.28. The maximum atomic E-state index is 12.1. The lowest BCUT2D eigenvalue weighted by molar-refractivity contribution is -0.118. The fourth-order valence-corrected chi connectivity index (χ4v) is 2.53. The molecule has 0 saturated carbocycles. The van der Waals surface area contributed by atoms with Crippen LogP contribution in [-0.2, 0) is 4.79 Å². The van der Waals surface area contributed by atoms with Gasteiger partial charge in [-0.3, -0.25) is 4.79 Å². The SMILES string of the molecule is COc1cc(OC)c(NC(=O)COc2ccc(Cl)cc2C)cc1Cl. The number of halogens is 2. The second-order valence-corrected chi connectivity index (χ2v) is 5.78. The lowest BCUT2D eigenvalue weighted by Gasteiger charge is -2.14. The Bertz CT molecular complexity index is 750. The van der Waals surface area contributed by atoms with Crippen LogP contribution in [0.3, 0.4) is 0 Å². The zero-order chi connectivity index (χ0) is 17.7. The number of nitrogens with one attached hydrogen (secondary N) is 1. The van der Waals surface area contributed by atoms with Crippen LogP contribution < -0.4 is 19.5 Å². The van der Waals surface area contributed by atoms with Crippen molar-refractivity contribution in [1.82, 2.24) is 0 Å². The number of carbonyl (C=O) groups excluding carboxylic acids is 1. The van der Waals surface area contributed by atoms with Crippen molar-refractivity contribution in [3.63, 3.8) is 0 Å². The third kappa shape index (κ3) is 4.46. The second kappa shape index (κ2) is 8.13. The Hall–Kier alpha value is -2.11. The first-order valence-corrected chi connectivity index (χ1v) is 7.80. The normalized spacial score (nSPS) is 10.2. The van der Waals surface area contributed by atoms with Crippen molar-refractivity contribution in [3.05, 3.63) is 45.9 Å². The molecule has 0 heterocycles. The largest absolute Gasteiger partial charge is 0.495 e. The van der Waals surface area contributed by atoms with E-state index < -0.39 is 0 Å². The Morgan fingerprint density at radius 2 is 1.75 bits per heavy atom. The van der Waals surface area contributed by atoms with Crippen molar-refractivity contribution in [2.75, 3.05) is 26.1 Å². The first kappa shape index (κ1) is 18.2. The summed E-state index contributed by atoms with van der Waals surface area (Å²) in [6.45, 7) is 1.70. The van der Waals surface area contributed by atoms with Crippen LogP contribution in [0.15, 0.2) is 30.3 Å². The molecule has 5 nitrogen and oxygen atoms in total. The van der Waals surface area contributed by atoms with Crippen LogP contribution in [0.4, 0.5) is 5.69 Å². The van der Waals surface area contributed by atoms with Crippen molar-refractivity contribution < 1.29 is 19.0 Å². The summed E-state index contributed by atoms with van der Waals surface area (Å²) in [5.74, 6) is 1.14. The van der Waals surface area contributed by atoms with Gasteiger partial charge in [-0.15, -0.1) is 0 Å². The lowest BCUT2D eigenvalue weighted by atomic mass is 10.2. The van der Waals surface area contributed by atoms with Crippen LogP contribution in [0.5, 0.6) is 17.2 Å². The summed E-state index contributed by atoms with van der Waals surface area (Å²) in [6, 6.07) is 8.34. The van der Waals surface area contributed by atoms with Gasteiger partial charge in [0.2, 0.25) is 0 Å². The van der Waals surface area contributed by atoms with E-state index in [0.717, 1.165) is 5.56 Å². The molecule has 0 unspecified atom stereocenters. The number of benzene rings is 2. The first-order chi connectivity index (χ1) is 11.4. The van der Waals surface area contributed by atoms with E-state index in [4.69, 9.17) is 37.4 Å². The summed E-state index contributed by atoms with van der Waals surface area (Å²) in [5, 5.41) is 3.68. The molecule has 0 atom stereocenters. The standard InChI is InChI=1S/C17H17Cl2NO4/c1-10-6-11(18)4-5-14(10)24-9-17(21)20-13-7-12(19)15(22-2)8-16(13)23-3/h4-8H,9H2,1-3H3,(H,20,21). The molecule has 1 amide bonds. The summed E-state index contributed by atoms with van der Waals surface area (Å²) < 4.78 is 15.9. The van der Waals surface area contributed by atoms with Crippen molar-refractivity contribution in [2.45, 2.75) is 6.92 Å². The maximum absolute atomic E-state index is 12.1. The third-order valence-electron chi connectivity index (χ3n) is 3.24. The van der Waals surface area contributed by atoms with Crippen molar-refractivity contribution >= 4 is 34.8 Å². The van der Waals surface area contributed by atoms with Gasteiger partial charge in [0.15, 0.2) is 6.61 Å². The highest BCUT2D eigenvalue weighted by atomic mass is 35.5. The number of aryl methyl sites for hydroxylation is 1. The van der Waals surface area contributed by atoms with Gasteiger partial charge in [-0.2, -0.15) is 0 Å². The Morgan fingerprint density at radius 3 is 2.38 bits per heavy atom. The van der Waals surface area contributed by atoms with Gasteiger partial charge in [-0.1, -0.05) is 23.2 Å². The van der Waals surface area contributed by atoms with Crippen LogP contribution in [0.2, 0.25) is 10.0 Å². The Kier molecular flexibility index (Phi) is 6.17. The maximum Gasteiger partial charge on any atom is 0.262 e. The number of rotatable bonds is 6. The summed E-state index contributed by atoms with van der Waals surface area (Å²) in [7, 11) is 2.99. The molecule has 0 saturated heterocycles. The van der Waals surface area contributed by atoms with Crippen LogP contribution in [0.1, 0.15) is 5.56 Å². The van der Waals surface area contributed by atoms with E-state index in [-0.39, 0.29) is 12.5 Å². The topological polar surface area (TPSA) is 56.8 Å². The van der Waals surface area contributed by atoms with E-state index >= 15 is 0 Å². The number of amides is 1. The van der Waals surface area contributed by atoms with E-state index in [1.54, 1.807) is 30.3 Å². The van der Waals surface area contributed by atoms with Crippen molar-refractivity contribution in [3.8, 4) is 17.2 Å². The van der Waals surface area contributed by atoms with Crippen LogP contribution in [0.25, 0.3) is 0 Å². The molecular formula is C17H17Cl2NO4. The number of ether oxygens (including phenoxy) is 3. The molecule has 0 bridgehead atoms. The monoisotopic (exact) mass is 369 g/mol. The van der Waals surface area contributed by atoms with Gasteiger partial charge >= 0.3 is 0 Å². The molecule has 0 aromatic heterocycles. The minimum atomic E-state index is -0.344. The molecule has 24 heavy (non-hydrogen) atoms. The van der Waals surface area contributed by atoms with Crippen molar-refractivity contribution in [1.29, 1.82) is 0 Å². The molecular weight excluding hydrogens is 353 g/mol. The first-order valence-electron chi connectivity index (χ1n) is 7.05. The number of anilines is 1. The van der Waals surface area contributed by atoms with Gasteiger partial charge in [0.1, 0.15) is 17.2 Å². The fraction of sp³-hybridized carbons (Fsp3) is 0.235. The minimum Gasteiger partial charge on any atom is -0.495 e. The van der Waals surface area contributed by atoms with Crippen LogP contribution in [-0.4, -0.2) is 26.7 Å². The number of methoxy groups -OCH3 is 2. The minimum absolute atomic E-state index is 0.157. The van der Waals surface area contributed by atoms with E-state index in [0.29, 0.717) is 33.0 Å². The van der Waals surface area contributed by atoms with Crippen LogP contribution in [0, 0.1) is 6.92 Å². The fourth-order valence-electron chi connectivity index (χ4n) is 2.06. The molecule has 0 spiro atoms. The molecule has 0 fully saturated rings. The number of hydrogen-bond acceptors (Lipinski definition) is 4. The van der Waals surface area contributed by atoms with Gasteiger partial charge in [-0.05, 0) is 36.8 Å². The summed E-state index contributed by atoms with van der Waals surface area (Å²) in [4.78, 5) is 12.1. The van der Waals surface area contributed by atoms with Gasteiger partial charge in [0.25, 0.3) is 5.91 Å². The molecule has 2 aromatic carbocycles. The number of carbonyl (C=O) groups is 1. The molecule has 0 aliphatic carbocycles. The lowest BCUT2D eigenvalue weighted by Crippen LogP contribution is -2.20. The van der Waals surface area contributed by atoms with E-state index in [1.807, 2.05) is 6.92 Å². The molecule has 7 heteroatoms. The highest BCUT2D eigenvalue weighted by Crippen LogP contribution is 2.35. The quantitative estimate of drug-likeness (QED) is 0.822. The summed E-state index contributed by atoms with van der Waals surface area (Å²) in [6.07, 6.45) is 0. The molecule has 128 valence electrons. The predicted octanol–water partition coefficient (Wildman–Crippen LogP) is 4.34. The van der Waals surface area contributed by atoms with E-state index in [1.165, 1.54) is 14.2 Å². The van der Waals surface area contributed by atoms with Crippen LogP contribution >= 0.6 is 23.2 Å². The smallest absolute Gasteiger partial charge is 0.262 e. The molecule has 2 rings (SSSR count). The molecule has 0 aliphatic heterocycles. The number of hydrogen-bond donors (Lipinski definition) is 1. The zero-order valence-electron chi connectivity index (χ0n) is 13.5. The van der Waals surface area contributed by atoms with Gasteiger partial charge in [0.05, 0.1) is 24.9 Å². The van der Waals surface area contributed by atoms with Gasteiger partial charge in [0, 0.05) is 11.1 Å². The zero-order valence-corrected chi connectivity index (χ0v) is 15.0. The van der Waals surface area contributed by atoms with Gasteiger partial charge in [-0.25, -0.2) is 0 Å². The summed E-state index contributed by atoms with van der Waals surface area (Å²) >= 11 is 12.0. The third-order valence-corrected chi connectivity index (χ3v) is 3.77. The molecule has 2 aromatic rings. The molecule has 0 radical (unpaired) electrons. The highest BCUT2D eigenvalue weighted by molar-refractivity contribution is 6.32. The van der Waals surface area contributed by atoms with E-state index in [2.05, 4.69) is 5.32 Å².